The second-order valence-electron chi connectivity index (χ2n) is 13.4. The van der Waals surface area contributed by atoms with Crippen molar-refractivity contribution in [3.8, 4) is 0 Å². The Morgan fingerprint density at radius 3 is 2.25 bits per heavy atom. The van der Waals surface area contributed by atoms with Gasteiger partial charge in [0.05, 0.1) is 0 Å². The molecule has 4 rings (SSSR count). The Labute approximate surface area is 241 Å². The molecule has 4 heteroatoms. The van der Waals surface area contributed by atoms with E-state index in [2.05, 4.69) is 42.6 Å². The molecule has 1 amide bonds. The molecule has 40 heavy (non-hydrogen) atoms. The number of hydrogen-bond donors (Lipinski definition) is 1. The van der Waals surface area contributed by atoms with Crippen molar-refractivity contribution in [3.63, 3.8) is 0 Å². The standard InChI is InChI=1S/C36H49NO3/c1-25-11-8-9-15-31(25)27-17-19-28(20-18-27)32-22-21-29(24-33(32)37-35(40)36(2,3)4)34(39)16-7-5-6-12-26-13-10-14-30(38)23-26/h8-9,11,15,21-22,24,26-28H,5-7,10,12-14,16-20,23H2,1-4H3,(H,37,40). The summed E-state index contributed by atoms with van der Waals surface area (Å²) >= 11 is 0. The van der Waals surface area contributed by atoms with Crippen LogP contribution in [-0.2, 0) is 9.59 Å². The van der Waals surface area contributed by atoms with Crippen LogP contribution in [0.1, 0.15) is 143 Å². The Kier molecular flexibility index (Phi) is 10.4. The summed E-state index contributed by atoms with van der Waals surface area (Å²) in [5.41, 5.74) is 5.00. The fraction of sp³-hybridized carbons (Fsp3) is 0.583. The van der Waals surface area contributed by atoms with Crippen molar-refractivity contribution in [2.45, 2.75) is 123 Å². The van der Waals surface area contributed by atoms with Crippen LogP contribution in [0.4, 0.5) is 5.69 Å². The van der Waals surface area contributed by atoms with E-state index < -0.39 is 5.41 Å². The topological polar surface area (TPSA) is 63.2 Å². The van der Waals surface area contributed by atoms with Gasteiger partial charge in [-0.25, -0.2) is 0 Å². The molecule has 2 aromatic rings. The maximum atomic E-state index is 13.1. The first-order chi connectivity index (χ1) is 19.1. The van der Waals surface area contributed by atoms with Crippen LogP contribution in [0, 0.1) is 18.3 Å². The van der Waals surface area contributed by atoms with Crippen molar-refractivity contribution in [2.24, 2.45) is 11.3 Å². The molecule has 2 saturated carbocycles. The van der Waals surface area contributed by atoms with Crippen molar-refractivity contribution in [1.82, 2.24) is 0 Å². The lowest BCUT2D eigenvalue weighted by Crippen LogP contribution is -2.28. The number of Topliss-reactive ketones (excluding diaryl/α,β-unsaturated/α-hetero) is 2. The van der Waals surface area contributed by atoms with E-state index in [0.717, 1.165) is 76.3 Å². The second-order valence-corrected chi connectivity index (χ2v) is 13.4. The molecule has 2 aliphatic carbocycles. The van der Waals surface area contributed by atoms with E-state index in [-0.39, 0.29) is 11.7 Å². The van der Waals surface area contributed by atoms with E-state index in [4.69, 9.17) is 0 Å². The van der Waals surface area contributed by atoms with Gasteiger partial charge in [-0.1, -0.05) is 76.4 Å². The van der Waals surface area contributed by atoms with Crippen LogP contribution in [0.2, 0.25) is 0 Å². The lowest BCUT2D eigenvalue weighted by molar-refractivity contribution is -0.123. The summed E-state index contributed by atoms with van der Waals surface area (Å²) in [7, 11) is 0. The van der Waals surface area contributed by atoms with E-state index in [1.165, 1.54) is 23.1 Å². The number of rotatable bonds is 10. The van der Waals surface area contributed by atoms with E-state index in [0.29, 0.717) is 35.5 Å². The SMILES string of the molecule is Cc1ccccc1C1CCC(c2ccc(C(=O)CCCCCC3CCCC(=O)C3)cc2NC(=O)C(C)(C)C)CC1. The van der Waals surface area contributed by atoms with Gasteiger partial charge in [-0.2, -0.15) is 0 Å². The maximum Gasteiger partial charge on any atom is 0.229 e. The Balaban J connectivity index is 1.38. The van der Waals surface area contributed by atoms with Crippen LogP contribution in [-0.4, -0.2) is 17.5 Å². The Morgan fingerprint density at radius 1 is 0.875 bits per heavy atom. The van der Waals surface area contributed by atoms with Crippen LogP contribution in [0.5, 0.6) is 0 Å². The average Bonchev–Trinajstić information content (AvgIpc) is 2.93. The molecule has 0 saturated heterocycles. The largest absolute Gasteiger partial charge is 0.325 e. The molecule has 1 unspecified atom stereocenters. The molecule has 0 aromatic heterocycles. The molecule has 0 spiro atoms. The van der Waals surface area contributed by atoms with Gasteiger partial charge < -0.3 is 5.32 Å². The fourth-order valence-corrected chi connectivity index (χ4v) is 6.66. The van der Waals surface area contributed by atoms with E-state index >= 15 is 0 Å². The minimum absolute atomic E-state index is 0.0202. The van der Waals surface area contributed by atoms with Crippen molar-refractivity contribution in [2.75, 3.05) is 5.32 Å². The van der Waals surface area contributed by atoms with Gasteiger partial charge in [0.1, 0.15) is 5.78 Å². The first-order valence-corrected chi connectivity index (χ1v) is 15.7. The Bertz CT molecular complexity index is 1180. The number of hydrogen-bond acceptors (Lipinski definition) is 3. The summed E-state index contributed by atoms with van der Waals surface area (Å²) in [6.45, 7) is 7.98. The zero-order chi connectivity index (χ0) is 28.7. The minimum Gasteiger partial charge on any atom is -0.325 e. The number of amides is 1. The zero-order valence-corrected chi connectivity index (χ0v) is 25.2. The van der Waals surface area contributed by atoms with Gasteiger partial charge >= 0.3 is 0 Å². The van der Waals surface area contributed by atoms with Crippen LogP contribution in [0.25, 0.3) is 0 Å². The highest BCUT2D eigenvalue weighted by Crippen LogP contribution is 2.43. The minimum atomic E-state index is -0.511. The smallest absolute Gasteiger partial charge is 0.229 e. The van der Waals surface area contributed by atoms with Crippen molar-refractivity contribution < 1.29 is 14.4 Å². The molecule has 1 atom stereocenters. The summed E-state index contributed by atoms with van der Waals surface area (Å²) in [6, 6.07) is 14.7. The Hall–Kier alpha value is -2.75. The zero-order valence-electron chi connectivity index (χ0n) is 25.2. The molecule has 0 aliphatic heterocycles. The lowest BCUT2D eigenvalue weighted by Gasteiger charge is -2.31. The molecule has 216 valence electrons. The third-order valence-electron chi connectivity index (χ3n) is 9.20. The molecule has 2 aliphatic rings. The summed E-state index contributed by atoms with van der Waals surface area (Å²) in [4.78, 5) is 37.8. The maximum absolute atomic E-state index is 13.1. The number of anilines is 1. The van der Waals surface area contributed by atoms with Crippen molar-refractivity contribution in [3.05, 3.63) is 64.7 Å². The van der Waals surface area contributed by atoms with E-state index in [9.17, 15) is 14.4 Å². The highest BCUT2D eigenvalue weighted by atomic mass is 16.2. The first-order valence-electron chi connectivity index (χ1n) is 15.7. The second kappa shape index (κ2) is 13.7. The number of benzene rings is 2. The summed E-state index contributed by atoms with van der Waals surface area (Å²) in [5, 5.41) is 3.19. The van der Waals surface area contributed by atoms with Crippen molar-refractivity contribution in [1.29, 1.82) is 0 Å². The number of carbonyl (C=O) groups excluding carboxylic acids is 3. The molecule has 2 fully saturated rings. The number of carbonyl (C=O) groups is 3. The highest BCUT2D eigenvalue weighted by Gasteiger charge is 2.28. The monoisotopic (exact) mass is 543 g/mol. The third-order valence-corrected chi connectivity index (χ3v) is 9.20. The van der Waals surface area contributed by atoms with Crippen LogP contribution >= 0.6 is 0 Å². The van der Waals surface area contributed by atoms with Crippen molar-refractivity contribution >= 4 is 23.2 Å². The Morgan fingerprint density at radius 2 is 1.57 bits per heavy atom. The van der Waals surface area contributed by atoms with E-state index in [1.807, 2.05) is 32.9 Å². The third kappa shape index (κ3) is 8.15. The van der Waals surface area contributed by atoms with Gasteiger partial charge in [0.15, 0.2) is 5.78 Å². The van der Waals surface area contributed by atoms with Gasteiger partial charge in [-0.05, 0) is 92.4 Å². The normalized spacial score (nSPS) is 21.7. The molecule has 1 N–H and O–H groups in total. The van der Waals surface area contributed by atoms with E-state index in [1.54, 1.807) is 0 Å². The van der Waals surface area contributed by atoms with Gasteiger partial charge in [-0.15, -0.1) is 0 Å². The molecule has 0 heterocycles. The van der Waals surface area contributed by atoms with Crippen LogP contribution < -0.4 is 5.32 Å². The summed E-state index contributed by atoms with van der Waals surface area (Å²) in [6.07, 6.45) is 12.8. The van der Waals surface area contributed by atoms with Gasteiger partial charge in [-0.3, -0.25) is 14.4 Å². The lowest BCUT2D eigenvalue weighted by atomic mass is 9.75. The number of unbranched alkanes of at least 4 members (excludes halogenated alkanes) is 2. The van der Waals surface area contributed by atoms with Crippen LogP contribution in [0.15, 0.2) is 42.5 Å². The number of aryl methyl sites for hydroxylation is 1. The van der Waals surface area contributed by atoms with Gasteiger partial charge in [0.25, 0.3) is 0 Å². The molecule has 2 aromatic carbocycles. The highest BCUT2D eigenvalue weighted by molar-refractivity contribution is 6.00. The first kappa shape index (κ1) is 30.2. The van der Waals surface area contributed by atoms with Gasteiger partial charge in [0.2, 0.25) is 5.91 Å². The molecule has 0 radical (unpaired) electrons. The number of ketones is 2. The van der Waals surface area contributed by atoms with Gasteiger partial charge in [0, 0.05) is 35.9 Å². The predicted octanol–water partition coefficient (Wildman–Crippen LogP) is 9.31. The quantitative estimate of drug-likeness (QED) is 0.240. The fourth-order valence-electron chi connectivity index (χ4n) is 6.66. The predicted molar refractivity (Wildman–Crippen MR) is 164 cm³/mol. The average molecular weight is 544 g/mol. The molecule has 0 bridgehead atoms. The molecular weight excluding hydrogens is 494 g/mol. The van der Waals surface area contributed by atoms with Crippen LogP contribution in [0.3, 0.4) is 0 Å². The molecule has 4 nitrogen and oxygen atoms in total. The summed E-state index contributed by atoms with van der Waals surface area (Å²) < 4.78 is 0. The summed E-state index contributed by atoms with van der Waals surface area (Å²) in [5.74, 6) is 2.06. The molecular formula is C36H49NO3. The number of nitrogens with one attached hydrogen (secondary N) is 1.